The van der Waals surface area contributed by atoms with Crippen molar-refractivity contribution in [1.29, 1.82) is 0 Å². The van der Waals surface area contributed by atoms with Gasteiger partial charge in [0.25, 0.3) is 0 Å². The molecular formula is C11H12BrN5S. The fraction of sp³-hybridized carbons (Fsp3) is 0.182. The van der Waals surface area contributed by atoms with Gasteiger partial charge in [0, 0.05) is 22.8 Å². The second-order valence-electron chi connectivity index (χ2n) is 3.75. The van der Waals surface area contributed by atoms with Crippen LogP contribution >= 0.6 is 28.1 Å². The molecule has 94 valence electrons. The summed E-state index contributed by atoms with van der Waals surface area (Å²) < 4.78 is 2.57. The normalized spacial score (nSPS) is 10.3. The Morgan fingerprint density at radius 2 is 2.33 bits per heavy atom. The maximum Gasteiger partial charge on any atom is 0.169 e. The average Bonchev–Trinajstić information content (AvgIpc) is 2.73. The molecule has 5 nitrogen and oxygen atoms in total. The van der Waals surface area contributed by atoms with Gasteiger partial charge in [-0.05, 0) is 34.1 Å². The number of anilines is 1. The maximum atomic E-state index is 5.57. The summed E-state index contributed by atoms with van der Waals surface area (Å²) in [7, 11) is 1.84. The molecule has 0 unspecified atom stereocenters. The van der Waals surface area contributed by atoms with Crippen LogP contribution in [-0.2, 0) is 13.6 Å². The van der Waals surface area contributed by atoms with Gasteiger partial charge < -0.3 is 11.1 Å². The lowest BCUT2D eigenvalue weighted by Crippen LogP contribution is -2.09. The molecule has 18 heavy (non-hydrogen) atoms. The van der Waals surface area contributed by atoms with E-state index in [0.717, 1.165) is 21.5 Å². The number of thiocarbonyl (C=S) groups is 1. The van der Waals surface area contributed by atoms with E-state index in [0.29, 0.717) is 11.5 Å². The SMILES string of the molecule is Cn1cnc(CNc2ccc(C(N)=S)cc2Br)n1. The van der Waals surface area contributed by atoms with Crippen LogP contribution in [0.4, 0.5) is 5.69 Å². The number of hydrogen-bond donors (Lipinski definition) is 2. The van der Waals surface area contributed by atoms with Crippen LogP contribution in [-0.4, -0.2) is 19.8 Å². The topological polar surface area (TPSA) is 68.8 Å². The van der Waals surface area contributed by atoms with Crippen molar-refractivity contribution < 1.29 is 0 Å². The van der Waals surface area contributed by atoms with Gasteiger partial charge in [-0.25, -0.2) is 4.98 Å². The van der Waals surface area contributed by atoms with E-state index in [9.17, 15) is 0 Å². The first-order valence-electron chi connectivity index (χ1n) is 5.24. The highest BCUT2D eigenvalue weighted by molar-refractivity contribution is 9.10. The zero-order chi connectivity index (χ0) is 13.1. The van der Waals surface area contributed by atoms with Crippen LogP contribution in [0.25, 0.3) is 0 Å². The van der Waals surface area contributed by atoms with Crippen LogP contribution in [0.2, 0.25) is 0 Å². The number of nitrogens with two attached hydrogens (primary N) is 1. The van der Waals surface area contributed by atoms with E-state index in [2.05, 4.69) is 31.3 Å². The zero-order valence-corrected chi connectivity index (χ0v) is 12.1. The number of nitrogens with zero attached hydrogens (tertiary/aromatic N) is 3. The van der Waals surface area contributed by atoms with Crippen molar-refractivity contribution in [3.05, 3.63) is 40.4 Å². The summed E-state index contributed by atoms with van der Waals surface area (Å²) in [4.78, 5) is 4.52. The lowest BCUT2D eigenvalue weighted by molar-refractivity contribution is 0.747. The average molecular weight is 326 g/mol. The smallest absolute Gasteiger partial charge is 0.169 e. The Balaban J connectivity index is 2.08. The fourth-order valence-electron chi connectivity index (χ4n) is 1.45. The quantitative estimate of drug-likeness (QED) is 0.839. The number of aryl methyl sites for hydroxylation is 1. The van der Waals surface area contributed by atoms with Crippen LogP contribution < -0.4 is 11.1 Å². The lowest BCUT2D eigenvalue weighted by Gasteiger charge is -2.08. The molecule has 0 fully saturated rings. The molecule has 0 saturated carbocycles. The van der Waals surface area contributed by atoms with Crippen LogP contribution in [0.5, 0.6) is 0 Å². The summed E-state index contributed by atoms with van der Waals surface area (Å²) in [6, 6.07) is 5.68. The van der Waals surface area contributed by atoms with E-state index < -0.39 is 0 Å². The lowest BCUT2D eigenvalue weighted by atomic mass is 10.2. The maximum absolute atomic E-state index is 5.57. The zero-order valence-electron chi connectivity index (χ0n) is 9.72. The summed E-state index contributed by atoms with van der Waals surface area (Å²) >= 11 is 8.39. The van der Waals surface area contributed by atoms with E-state index >= 15 is 0 Å². The molecule has 0 spiro atoms. The highest BCUT2D eigenvalue weighted by Gasteiger charge is 2.04. The Bertz CT molecular complexity index is 581. The second kappa shape index (κ2) is 5.45. The molecule has 0 aliphatic rings. The number of nitrogens with one attached hydrogen (secondary N) is 1. The first-order valence-corrected chi connectivity index (χ1v) is 6.44. The Kier molecular flexibility index (Phi) is 3.93. The first-order chi connectivity index (χ1) is 8.56. The number of benzene rings is 1. The highest BCUT2D eigenvalue weighted by atomic mass is 79.9. The standard InChI is InChI=1S/C11H12BrN5S/c1-17-6-15-10(16-17)5-14-9-3-2-7(11(13)18)4-8(9)12/h2-4,6,14H,5H2,1H3,(H2,13,18). The van der Waals surface area contributed by atoms with Gasteiger partial charge in [0.2, 0.25) is 0 Å². The molecule has 3 N–H and O–H groups in total. The van der Waals surface area contributed by atoms with E-state index in [1.54, 1.807) is 11.0 Å². The molecule has 7 heteroatoms. The molecule has 1 heterocycles. The molecule has 2 rings (SSSR count). The molecule has 0 atom stereocenters. The van der Waals surface area contributed by atoms with Crippen molar-refractivity contribution in [2.24, 2.45) is 12.8 Å². The van der Waals surface area contributed by atoms with Crippen LogP contribution in [0.3, 0.4) is 0 Å². The summed E-state index contributed by atoms with van der Waals surface area (Å²) in [6.45, 7) is 0.561. The van der Waals surface area contributed by atoms with Crippen molar-refractivity contribution in [3.63, 3.8) is 0 Å². The minimum absolute atomic E-state index is 0.383. The van der Waals surface area contributed by atoms with E-state index in [-0.39, 0.29) is 0 Å². The van der Waals surface area contributed by atoms with Gasteiger partial charge in [-0.1, -0.05) is 12.2 Å². The molecule has 0 radical (unpaired) electrons. The van der Waals surface area contributed by atoms with Crippen LogP contribution in [0.1, 0.15) is 11.4 Å². The molecule has 0 amide bonds. The number of rotatable bonds is 4. The van der Waals surface area contributed by atoms with Gasteiger partial charge in [0.05, 0.1) is 6.54 Å². The highest BCUT2D eigenvalue weighted by Crippen LogP contribution is 2.23. The van der Waals surface area contributed by atoms with Gasteiger partial charge in [-0.2, -0.15) is 5.10 Å². The summed E-state index contributed by atoms with van der Waals surface area (Å²) in [5.74, 6) is 0.739. The van der Waals surface area contributed by atoms with Crippen molar-refractivity contribution in [2.75, 3.05) is 5.32 Å². The van der Waals surface area contributed by atoms with Crippen LogP contribution in [0, 0.1) is 0 Å². The molecule has 0 bridgehead atoms. The molecule has 0 saturated heterocycles. The molecule has 0 aliphatic heterocycles. The molecular weight excluding hydrogens is 314 g/mol. The predicted octanol–water partition coefficient (Wildman–Crippen LogP) is 1.82. The van der Waals surface area contributed by atoms with Gasteiger partial charge >= 0.3 is 0 Å². The minimum Gasteiger partial charge on any atom is -0.389 e. The van der Waals surface area contributed by atoms with Crippen LogP contribution in [0.15, 0.2) is 29.0 Å². The monoisotopic (exact) mass is 325 g/mol. The molecule has 1 aromatic carbocycles. The fourth-order valence-corrected chi connectivity index (χ4v) is 2.10. The number of halogens is 1. The Morgan fingerprint density at radius 1 is 1.56 bits per heavy atom. The molecule has 1 aromatic heterocycles. The largest absolute Gasteiger partial charge is 0.389 e. The van der Waals surface area contributed by atoms with Crippen molar-refractivity contribution >= 4 is 38.8 Å². The Hall–Kier alpha value is -1.47. The van der Waals surface area contributed by atoms with E-state index in [1.165, 1.54) is 0 Å². The van der Waals surface area contributed by atoms with Gasteiger partial charge in [-0.15, -0.1) is 0 Å². The van der Waals surface area contributed by atoms with Gasteiger partial charge in [0.1, 0.15) is 11.3 Å². The Labute approximate surface area is 119 Å². The van der Waals surface area contributed by atoms with E-state index in [1.807, 2.05) is 25.2 Å². The summed E-state index contributed by atoms with van der Waals surface area (Å²) in [5.41, 5.74) is 7.35. The predicted molar refractivity (Wildman–Crippen MR) is 78.4 cm³/mol. The third kappa shape index (κ3) is 3.05. The number of hydrogen-bond acceptors (Lipinski definition) is 4. The van der Waals surface area contributed by atoms with Gasteiger partial charge in [0.15, 0.2) is 5.82 Å². The third-order valence-corrected chi connectivity index (χ3v) is 3.23. The van der Waals surface area contributed by atoms with Crippen molar-refractivity contribution in [3.8, 4) is 0 Å². The minimum atomic E-state index is 0.383. The van der Waals surface area contributed by atoms with Crippen molar-refractivity contribution in [1.82, 2.24) is 14.8 Å². The first kappa shape index (κ1) is 13.0. The summed E-state index contributed by atoms with van der Waals surface area (Å²) in [6.07, 6.45) is 1.67. The summed E-state index contributed by atoms with van der Waals surface area (Å²) in [5, 5.41) is 7.43. The molecule has 2 aromatic rings. The van der Waals surface area contributed by atoms with Gasteiger partial charge in [-0.3, -0.25) is 4.68 Å². The van der Waals surface area contributed by atoms with Crippen molar-refractivity contribution in [2.45, 2.75) is 6.54 Å². The molecule has 0 aliphatic carbocycles. The third-order valence-electron chi connectivity index (χ3n) is 2.34. The van der Waals surface area contributed by atoms with E-state index in [4.69, 9.17) is 18.0 Å². The number of aromatic nitrogens is 3. The second-order valence-corrected chi connectivity index (χ2v) is 5.04. The Morgan fingerprint density at radius 3 is 2.89 bits per heavy atom.